The number of nitrogens with zero attached hydrogens (tertiary/aromatic N) is 1. The van der Waals surface area contributed by atoms with Crippen molar-refractivity contribution in [2.45, 2.75) is 12.1 Å². The maximum absolute atomic E-state index is 12.9. The fourth-order valence-corrected chi connectivity index (χ4v) is 1.79. The lowest BCUT2D eigenvalue weighted by atomic mass is 9.90. The maximum Gasteiger partial charge on any atom is 0.242 e. The van der Waals surface area contributed by atoms with Crippen molar-refractivity contribution in [1.29, 1.82) is 0 Å². The molecule has 1 heterocycles. The van der Waals surface area contributed by atoms with Gasteiger partial charge in [-0.3, -0.25) is 4.79 Å². The van der Waals surface area contributed by atoms with Gasteiger partial charge < -0.3 is 10.6 Å². The largest absolute Gasteiger partial charge is 0.335 e. The van der Waals surface area contributed by atoms with Crippen molar-refractivity contribution in [3.05, 3.63) is 35.6 Å². The monoisotopic (exact) mass is 194 g/mol. The van der Waals surface area contributed by atoms with Gasteiger partial charge in [0, 0.05) is 7.05 Å². The fourth-order valence-electron chi connectivity index (χ4n) is 1.79. The molecule has 1 aromatic rings. The third kappa shape index (κ3) is 1.19. The number of hydrogen-bond acceptors (Lipinski definition) is 2. The van der Waals surface area contributed by atoms with Gasteiger partial charge in [0.2, 0.25) is 5.91 Å². The third-order valence-corrected chi connectivity index (χ3v) is 2.58. The van der Waals surface area contributed by atoms with Crippen LogP contribution in [0.25, 0.3) is 0 Å². The van der Waals surface area contributed by atoms with Crippen LogP contribution in [0.5, 0.6) is 0 Å². The van der Waals surface area contributed by atoms with E-state index in [1.54, 1.807) is 19.2 Å². The summed E-state index contributed by atoms with van der Waals surface area (Å²) in [6.07, 6.45) is 0. The molecule has 1 aliphatic heterocycles. The van der Waals surface area contributed by atoms with Crippen LogP contribution < -0.4 is 5.73 Å². The highest BCUT2D eigenvalue weighted by molar-refractivity contribution is 5.89. The normalized spacial score (nSPS) is 26.2. The van der Waals surface area contributed by atoms with Crippen molar-refractivity contribution in [3.8, 4) is 0 Å². The van der Waals surface area contributed by atoms with Gasteiger partial charge in [-0.15, -0.1) is 0 Å². The van der Waals surface area contributed by atoms with Gasteiger partial charge in [0.15, 0.2) is 0 Å². The standard InChI is InChI=1S/C10H11FN2O/c1-13-9(8(12)10(13)14)6-3-2-4-7(11)5-6/h2-5,8-9H,12H2,1H3/t8-,9-/m0/s1. The van der Waals surface area contributed by atoms with Crippen molar-refractivity contribution in [2.75, 3.05) is 7.05 Å². The van der Waals surface area contributed by atoms with E-state index in [-0.39, 0.29) is 17.8 Å². The first-order chi connectivity index (χ1) is 6.61. The van der Waals surface area contributed by atoms with Crippen LogP contribution in [0.4, 0.5) is 4.39 Å². The minimum atomic E-state index is -0.526. The predicted molar refractivity (Wildman–Crippen MR) is 49.9 cm³/mol. The molecule has 1 saturated heterocycles. The minimum absolute atomic E-state index is 0.0979. The van der Waals surface area contributed by atoms with Crippen molar-refractivity contribution in [2.24, 2.45) is 5.73 Å². The van der Waals surface area contributed by atoms with E-state index in [1.165, 1.54) is 17.0 Å². The molecule has 0 aromatic heterocycles. The van der Waals surface area contributed by atoms with Gasteiger partial charge in [0.1, 0.15) is 11.9 Å². The summed E-state index contributed by atoms with van der Waals surface area (Å²) in [6.45, 7) is 0. The first kappa shape index (κ1) is 9.15. The summed E-state index contributed by atoms with van der Waals surface area (Å²) in [6, 6.07) is 5.47. The Kier molecular flexibility index (Phi) is 2.00. The molecule has 2 rings (SSSR count). The summed E-state index contributed by atoms with van der Waals surface area (Å²) in [5.41, 5.74) is 6.37. The molecule has 1 fully saturated rings. The highest BCUT2D eigenvalue weighted by Crippen LogP contribution is 2.31. The van der Waals surface area contributed by atoms with E-state index < -0.39 is 6.04 Å². The molecule has 1 amide bonds. The molecule has 0 unspecified atom stereocenters. The van der Waals surface area contributed by atoms with Crippen LogP contribution >= 0.6 is 0 Å². The fraction of sp³-hybridized carbons (Fsp3) is 0.300. The Hall–Kier alpha value is -1.42. The lowest BCUT2D eigenvalue weighted by molar-refractivity contribution is -0.147. The van der Waals surface area contributed by atoms with Gasteiger partial charge in [-0.1, -0.05) is 12.1 Å². The Labute approximate surface area is 81.3 Å². The average Bonchev–Trinajstić information content (AvgIpc) is 2.18. The van der Waals surface area contributed by atoms with Gasteiger partial charge in [-0.25, -0.2) is 4.39 Å². The summed E-state index contributed by atoms with van der Waals surface area (Å²) in [5.74, 6) is -0.401. The summed E-state index contributed by atoms with van der Waals surface area (Å²) in [5, 5.41) is 0. The molecule has 14 heavy (non-hydrogen) atoms. The van der Waals surface area contributed by atoms with Gasteiger partial charge in [-0.05, 0) is 17.7 Å². The van der Waals surface area contributed by atoms with E-state index in [0.717, 1.165) is 5.56 Å². The van der Waals surface area contributed by atoms with E-state index in [9.17, 15) is 9.18 Å². The summed E-state index contributed by atoms with van der Waals surface area (Å²) >= 11 is 0. The van der Waals surface area contributed by atoms with Crippen molar-refractivity contribution >= 4 is 5.91 Å². The van der Waals surface area contributed by atoms with Crippen molar-refractivity contribution in [1.82, 2.24) is 4.90 Å². The zero-order valence-electron chi connectivity index (χ0n) is 7.77. The van der Waals surface area contributed by atoms with Crippen molar-refractivity contribution < 1.29 is 9.18 Å². The highest BCUT2D eigenvalue weighted by Gasteiger charge is 2.43. The second kappa shape index (κ2) is 3.06. The lowest BCUT2D eigenvalue weighted by Gasteiger charge is -2.43. The zero-order chi connectivity index (χ0) is 10.3. The van der Waals surface area contributed by atoms with Gasteiger partial charge in [0.05, 0.1) is 6.04 Å². The molecule has 74 valence electrons. The van der Waals surface area contributed by atoms with Crippen LogP contribution in [0.1, 0.15) is 11.6 Å². The van der Waals surface area contributed by atoms with Gasteiger partial charge >= 0.3 is 0 Å². The Balaban J connectivity index is 2.28. The van der Waals surface area contributed by atoms with Gasteiger partial charge in [-0.2, -0.15) is 0 Å². The number of rotatable bonds is 1. The Morgan fingerprint density at radius 3 is 2.79 bits per heavy atom. The van der Waals surface area contributed by atoms with Crippen LogP contribution in [0.3, 0.4) is 0 Å². The van der Waals surface area contributed by atoms with E-state index in [2.05, 4.69) is 0 Å². The third-order valence-electron chi connectivity index (χ3n) is 2.58. The van der Waals surface area contributed by atoms with Crippen LogP contribution in [-0.4, -0.2) is 23.9 Å². The molecule has 0 aliphatic carbocycles. The number of benzene rings is 1. The number of likely N-dealkylation sites (N-methyl/N-ethyl adjacent to an activating group) is 1. The first-order valence-electron chi connectivity index (χ1n) is 4.39. The second-order valence-electron chi connectivity index (χ2n) is 3.47. The van der Waals surface area contributed by atoms with Crippen LogP contribution in [0.2, 0.25) is 0 Å². The van der Waals surface area contributed by atoms with E-state index in [1.807, 2.05) is 0 Å². The number of β-lactam (4-membered cyclic amide) rings is 1. The molecule has 3 nitrogen and oxygen atoms in total. The predicted octanol–water partition coefficient (Wildman–Crippen LogP) is 0.666. The van der Waals surface area contributed by atoms with Crippen molar-refractivity contribution in [3.63, 3.8) is 0 Å². The number of carbonyl (C=O) groups is 1. The molecule has 0 radical (unpaired) electrons. The number of nitrogens with two attached hydrogens (primary N) is 1. The summed E-state index contributed by atoms with van der Waals surface area (Å²) in [7, 11) is 1.67. The molecule has 1 aliphatic rings. The first-order valence-corrected chi connectivity index (χ1v) is 4.39. The Bertz CT molecular complexity index is 368. The summed E-state index contributed by atoms with van der Waals surface area (Å²) in [4.78, 5) is 12.7. The van der Waals surface area contributed by atoms with E-state index in [0.29, 0.717) is 0 Å². The van der Waals surface area contributed by atoms with Crippen LogP contribution in [0.15, 0.2) is 24.3 Å². The number of amides is 1. The molecule has 0 saturated carbocycles. The highest BCUT2D eigenvalue weighted by atomic mass is 19.1. The average molecular weight is 194 g/mol. The Morgan fingerprint density at radius 1 is 1.50 bits per heavy atom. The number of carbonyl (C=O) groups excluding carboxylic acids is 1. The van der Waals surface area contributed by atoms with Gasteiger partial charge in [0.25, 0.3) is 0 Å². The Morgan fingerprint density at radius 2 is 2.21 bits per heavy atom. The zero-order valence-corrected chi connectivity index (χ0v) is 7.77. The summed E-state index contributed by atoms with van der Waals surface area (Å²) < 4.78 is 12.9. The molecule has 2 atom stereocenters. The molecule has 1 aromatic carbocycles. The molecular weight excluding hydrogens is 183 g/mol. The molecule has 4 heteroatoms. The number of hydrogen-bond donors (Lipinski definition) is 1. The molecule has 0 bridgehead atoms. The SMILES string of the molecule is CN1C(=O)[C@@H](N)[C@@H]1c1cccc(F)c1. The molecule has 2 N–H and O–H groups in total. The molecular formula is C10H11FN2O. The lowest BCUT2D eigenvalue weighted by Crippen LogP contribution is -2.61. The quantitative estimate of drug-likeness (QED) is 0.668. The smallest absolute Gasteiger partial charge is 0.242 e. The second-order valence-corrected chi connectivity index (χ2v) is 3.47. The topological polar surface area (TPSA) is 46.3 Å². The molecule has 0 spiro atoms. The maximum atomic E-state index is 12.9. The minimum Gasteiger partial charge on any atom is -0.335 e. The van der Waals surface area contributed by atoms with E-state index >= 15 is 0 Å². The van der Waals surface area contributed by atoms with Crippen LogP contribution in [0, 0.1) is 5.82 Å². The number of halogens is 1. The number of likely N-dealkylation sites (tertiary alicyclic amines) is 1. The van der Waals surface area contributed by atoms with Crippen LogP contribution in [-0.2, 0) is 4.79 Å². The van der Waals surface area contributed by atoms with E-state index in [4.69, 9.17) is 5.73 Å².